The Hall–Kier alpha value is -3.61. The molecule has 0 atom stereocenters. The monoisotopic (exact) mass is 548 g/mol. The Morgan fingerprint density at radius 2 is 1.57 bits per heavy atom. The lowest BCUT2D eigenvalue weighted by atomic mass is 10.2. The van der Waals surface area contributed by atoms with Crippen molar-refractivity contribution in [2.24, 2.45) is 5.10 Å². The lowest BCUT2D eigenvalue weighted by Gasteiger charge is -2.11. The molecule has 4 aromatic rings. The summed E-state index contributed by atoms with van der Waals surface area (Å²) in [4.78, 5) is 12.7. The highest BCUT2D eigenvalue weighted by atomic mass is 79.9. The van der Waals surface area contributed by atoms with Crippen molar-refractivity contribution in [3.8, 4) is 11.5 Å². The molecule has 0 aliphatic carbocycles. The van der Waals surface area contributed by atoms with Gasteiger partial charge >= 0.3 is 0 Å². The molecule has 0 spiro atoms. The molecule has 0 bridgehead atoms. The van der Waals surface area contributed by atoms with E-state index in [1.165, 1.54) is 0 Å². The number of carbonyl (C=O) groups is 1. The van der Waals surface area contributed by atoms with Crippen molar-refractivity contribution in [3.05, 3.63) is 129 Å². The quantitative estimate of drug-likeness (QED) is 0.180. The summed E-state index contributed by atoms with van der Waals surface area (Å²) >= 11 is 9.71. The van der Waals surface area contributed by atoms with E-state index in [4.69, 9.17) is 21.1 Å². The molecule has 176 valence electrons. The molecule has 0 saturated heterocycles. The van der Waals surface area contributed by atoms with Crippen LogP contribution in [0.15, 0.2) is 107 Å². The predicted molar refractivity (Wildman–Crippen MR) is 142 cm³/mol. The molecule has 0 aliphatic heterocycles. The topological polar surface area (TPSA) is 59.9 Å². The van der Waals surface area contributed by atoms with E-state index in [0.29, 0.717) is 35.3 Å². The zero-order valence-corrected chi connectivity index (χ0v) is 21.0. The van der Waals surface area contributed by atoms with Gasteiger partial charge in [-0.2, -0.15) is 5.10 Å². The average molecular weight is 550 g/mol. The number of hydrogen-bond acceptors (Lipinski definition) is 4. The van der Waals surface area contributed by atoms with Gasteiger partial charge in [-0.1, -0.05) is 72.3 Å². The number of amides is 1. The van der Waals surface area contributed by atoms with Gasteiger partial charge in [-0.15, -0.1) is 0 Å². The predicted octanol–water partition coefficient (Wildman–Crippen LogP) is 7.02. The first-order chi connectivity index (χ1) is 17.1. The van der Waals surface area contributed by atoms with Gasteiger partial charge in [0, 0.05) is 10.6 Å². The van der Waals surface area contributed by atoms with Crippen LogP contribution in [0.2, 0.25) is 5.02 Å². The van der Waals surface area contributed by atoms with Gasteiger partial charge in [-0.05, 0) is 63.5 Å². The Morgan fingerprint density at radius 3 is 2.37 bits per heavy atom. The summed E-state index contributed by atoms with van der Waals surface area (Å²) in [6.45, 7) is 0.723. The number of hydrazone groups is 1. The smallest absolute Gasteiger partial charge is 0.275 e. The zero-order chi connectivity index (χ0) is 24.5. The van der Waals surface area contributed by atoms with Crippen molar-refractivity contribution in [3.63, 3.8) is 0 Å². The van der Waals surface area contributed by atoms with Crippen molar-refractivity contribution in [1.29, 1.82) is 0 Å². The molecule has 1 amide bonds. The maximum absolute atomic E-state index is 12.7. The third-order valence-corrected chi connectivity index (χ3v) is 6.03. The summed E-state index contributed by atoms with van der Waals surface area (Å²) in [5, 5.41) is 4.76. The Bertz CT molecular complexity index is 1330. The molecule has 0 unspecified atom stereocenters. The molecule has 0 fully saturated rings. The second-order valence-electron chi connectivity index (χ2n) is 7.54. The molecule has 0 radical (unpaired) electrons. The van der Waals surface area contributed by atoms with E-state index in [0.717, 1.165) is 21.2 Å². The lowest BCUT2D eigenvalue weighted by molar-refractivity contribution is 0.0950. The van der Waals surface area contributed by atoms with Crippen LogP contribution < -0.4 is 14.9 Å². The minimum atomic E-state index is -0.358. The maximum atomic E-state index is 12.7. The molecule has 0 aliphatic rings. The van der Waals surface area contributed by atoms with Crippen LogP contribution in [0.4, 0.5) is 0 Å². The summed E-state index contributed by atoms with van der Waals surface area (Å²) in [6.07, 6.45) is 1.56. The number of halogens is 2. The van der Waals surface area contributed by atoms with E-state index in [1.54, 1.807) is 24.4 Å². The van der Waals surface area contributed by atoms with E-state index in [1.807, 2.05) is 78.9 Å². The average Bonchev–Trinajstić information content (AvgIpc) is 2.88. The SMILES string of the molecule is O=C(N/N=C/c1ccc(OCc2ccccc2Cl)c(Br)c1)c1ccccc1OCc1ccccc1. The highest BCUT2D eigenvalue weighted by molar-refractivity contribution is 9.10. The van der Waals surface area contributed by atoms with Crippen molar-refractivity contribution < 1.29 is 14.3 Å². The first kappa shape index (κ1) is 24.5. The third-order valence-electron chi connectivity index (χ3n) is 5.05. The molecule has 1 N–H and O–H groups in total. The van der Waals surface area contributed by atoms with Crippen molar-refractivity contribution in [2.75, 3.05) is 0 Å². The molecule has 7 heteroatoms. The number of ether oxygens (including phenoxy) is 2. The van der Waals surface area contributed by atoms with Crippen LogP contribution >= 0.6 is 27.5 Å². The molecule has 0 heterocycles. The Labute approximate surface area is 217 Å². The number of benzene rings is 4. The summed E-state index contributed by atoms with van der Waals surface area (Å²) in [7, 11) is 0. The standard InChI is InChI=1S/C28H22BrClN2O3/c29-24-16-21(14-15-27(24)35-19-22-10-4-6-12-25(22)30)17-31-32-28(33)23-11-5-7-13-26(23)34-18-20-8-2-1-3-9-20/h1-17H,18-19H2,(H,32,33)/b31-17+. The van der Waals surface area contributed by atoms with Crippen LogP contribution in [0.1, 0.15) is 27.0 Å². The van der Waals surface area contributed by atoms with E-state index in [-0.39, 0.29) is 5.91 Å². The first-order valence-electron chi connectivity index (χ1n) is 10.8. The molecule has 4 rings (SSSR count). The van der Waals surface area contributed by atoms with Crippen molar-refractivity contribution in [1.82, 2.24) is 5.43 Å². The van der Waals surface area contributed by atoms with Crippen molar-refractivity contribution in [2.45, 2.75) is 13.2 Å². The summed E-state index contributed by atoms with van der Waals surface area (Å²) in [6, 6.07) is 29.9. The summed E-state index contributed by atoms with van der Waals surface area (Å²) in [5.74, 6) is 0.811. The van der Waals surface area contributed by atoms with Crippen LogP contribution in [0.25, 0.3) is 0 Å². The van der Waals surface area contributed by atoms with E-state index < -0.39 is 0 Å². The normalized spacial score (nSPS) is 10.8. The molecular formula is C28H22BrClN2O3. The number of carbonyl (C=O) groups excluding carboxylic acids is 1. The summed E-state index contributed by atoms with van der Waals surface area (Å²) in [5.41, 5.74) is 5.68. The number of para-hydroxylation sites is 1. The van der Waals surface area contributed by atoms with Crippen LogP contribution in [0, 0.1) is 0 Å². The molecule has 5 nitrogen and oxygen atoms in total. The third kappa shape index (κ3) is 6.94. The van der Waals surface area contributed by atoms with Crippen LogP contribution in [0.3, 0.4) is 0 Å². The van der Waals surface area contributed by atoms with Gasteiger partial charge in [0.2, 0.25) is 0 Å². The molecule has 0 aromatic heterocycles. The minimum absolute atomic E-state index is 0.355. The Balaban J connectivity index is 1.35. The van der Waals surface area contributed by atoms with E-state index in [2.05, 4.69) is 26.5 Å². The molecule has 0 saturated carbocycles. The van der Waals surface area contributed by atoms with Gasteiger partial charge in [-0.3, -0.25) is 4.79 Å². The van der Waals surface area contributed by atoms with Gasteiger partial charge < -0.3 is 9.47 Å². The van der Waals surface area contributed by atoms with Gasteiger partial charge in [0.25, 0.3) is 5.91 Å². The fourth-order valence-corrected chi connectivity index (χ4v) is 3.93. The highest BCUT2D eigenvalue weighted by Crippen LogP contribution is 2.27. The van der Waals surface area contributed by atoms with E-state index in [9.17, 15) is 4.79 Å². The zero-order valence-electron chi connectivity index (χ0n) is 18.7. The van der Waals surface area contributed by atoms with Crippen LogP contribution in [-0.4, -0.2) is 12.1 Å². The minimum Gasteiger partial charge on any atom is -0.488 e. The Kier molecular flexibility index (Phi) is 8.54. The number of nitrogens with one attached hydrogen (secondary N) is 1. The van der Waals surface area contributed by atoms with Crippen molar-refractivity contribution >= 4 is 39.7 Å². The van der Waals surface area contributed by atoms with Gasteiger partial charge in [0.1, 0.15) is 24.7 Å². The number of hydrogen-bond donors (Lipinski definition) is 1. The second-order valence-corrected chi connectivity index (χ2v) is 8.80. The number of nitrogens with zero attached hydrogens (tertiary/aromatic N) is 1. The highest BCUT2D eigenvalue weighted by Gasteiger charge is 2.12. The lowest BCUT2D eigenvalue weighted by Crippen LogP contribution is -2.18. The Morgan fingerprint density at radius 1 is 0.857 bits per heavy atom. The number of rotatable bonds is 9. The molecular weight excluding hydrogens is 528 g/mol. The van der Waals surface area contributed by atoms with Crippen LogP contribution in [-0.2, 0) is 13.2 Å². The van der Waals surface area contributed by atoms with Crippen LogP contribution in [0.5, 0.6) is 11.5 Å². The largest absolute Gasteiger partial charge is 0.488 e. The first-order valence-corrected chi connectivity index (χ1v) is 12.0. The van der Waals surface area contributed by atoms with Gasteiger partial charge in [-0.25, -0.2) is 5.43 Å². The maximum Gasteiger partial charge on any atom is 0.275 e. The molecule has 35 heavy (non-hydrogen) atoms. The summed E-state index contributed by atoms with van der Waals surface area (Å²) < 4.78 is 12.5. The van der Waals surface area contributed by atoms with E-state index >= 15 is 0 Å². The second kappa shape index (κ2) is 12.2. The van der Waals surface area contributed by atoms with Gasteiger partial charge in [0.15, 0.2) is 0 Å². The fourth-order valence-electron chi connectivity index (χ4n) is 3.23. The van der Waals surface area contributed by atoms with Gasteiger partial charge in [0.05, 0.1) is 16.3 Å². The molecule has 4 aromatic carbocycles. The fraction of sp³-hybridized carbons (Fsp3) is 0.0714.